The number of hydrogen-bond donors (Lipinski definition) is 1. The van der Waals surface area contributed by atoms with Crippen molar-refractivity contribution in [3.05, 3.63) is 112 Å². The fraction of sp³-hybridized carbons (Fsp3) is 0.353. The number of hydrogen-bond acceptors (Lipinski definition) is 3. The molecule has 202 valence electrons. The molecule has 5 heteroatoms. The van der Waals surface area contributed by atoms with E-state index in [4.69, 9.17) is 4.74 Å². The second-order valence-electron chi connectivity index (χ2n) is 12.1. The molecule has 1 aromatic heterocycles. The number of fused-ring (bicyclic) bond motifs is 1. The Bertz CT molecular complexity index is 1480. The molecule has 1 heterocycles. The minimum atomic E-state index is -0.950. The summed E-state index contributed by atoms with van der Waals surface area (Å²) in [7, 11) is 0. The number of aromatic nitrogens is 2. The number of carbonyl (C=O) groups is 1. The standard InChI is InChI=1S/C34H38N2O3/c1-23-28(32(37)38)8-6-9-31(23)39-27-14-11-24(12-15-27)10-13-25-20-29-30(34(4,5)17-16-33(29,2)3)21-26(25)22-36-19-7-18-35-36/h6-9,11-12,14-15,18-21H,10,13,16-17,22H2,1-5H3,(H,37,38). The molecule has 4 aromatic rings. The van der Waals surface area contributed by atoms with Gasteiger partial charge in [0.1, 0.15) is 11.5 Å². The third-order valence-electron chi connectivity index (χ3n) is 8.41. The minimum absolute atomic E-state index is 0.166. The zero-order valence-electron chi connectivity index (χ0n) is 23.6. The summed E-state index contributed by atoms with van der Waals surface area (Å²) in [5.41, 5.74) is 8.14. The molecule has 0 unspecified atom stereocenters. The van der Waals surface area contributed by atoms with Crippen LogP contribution in [-0.4, -0.2) is 20.9 Å². The van der Waals surface area contributed by atoms with Crippen LogP contribution in [0.25, 0.3) is 0 Å². The molecule has 1 N–H and O–H groups in total. The topological polar surface area (TPSA) is 64.4 Å². The van der Waals surface area contributed by atoms with Crippen molar-refractivity contribution in [2.75, 3.05) is 0 Å². The maximum absolute atomic E-state index is 11.5. The predicted molar refractivity (Wildman–Crippen MR) is 155 cm³/mol. The van der Waals surface area contributed by atoms with Crippen LogP contribution in [0.5, 0.6) is 11.5 Å². The molecule has 0 atom stereocenters. The first-order chi connectivity index (χ1) is 18.5. The van der Waals surface area contributed by atoms with E-state index in [-0.39, 0.29) is 16.4 Å². The lowest BCUT2D eigenvalue weighted by molar-refractivity contribution is 0.0695. The first-order valence-corrected chi connectivity index (χ1v) is 13.8. The fourth-order valence-corrected chi connectivity index (χ4v) is 5.74. The van der Waals surface area contributed by atoms with Gasteiger partial charge in [0, 0.05) is 18.0 Å². The molecule has 0 saturated heterocycles. The van der Waals surface area contributed by atoms with E-state index in [0.717, 1.165) is 19.4 Å². The van der Waals surface area contributed by atoms with E-state index in [1.54, 1.807) is 25.1 Å². The molecule has 0 saturated carbocycles. The maximum atomic E-state index is 11.5. The van der Waals surface area contributed by atoms with Gasteiger partial charge >= 0.3 is 5.97 Å². The summed E-state index contributed by atoms with van der Waals surface area (Å²) in [5, 5.41) is 13.9. The minimum Gasteiger partial charge on any atom is -0.478 e. The Morgan fingerprint density at radius 1 is 0.923 bits per heavy atom. The van der Waals surface area contributed by atoms with Gasteiger partial charge in [0.15, 0.2) is 0 Å². The summed E-state index contributed by atoms with van der Waals surface area (Å²) < 4.78 is 8.04. The Labute approximate surface area is 231 Å². The van der Waals surface area contributed by atoms with Crippen molar-refractivity contribution in [2.45, 2.75) is 77.7 Å². The monoisotopic (exact) mass is 522 g/mol. The molecular weight excluding hydrogens is 484 g/mol. The first-order valence-electron chi connectivity index (χ1n) is 13.8. The number of aryl methyl sites for hydroxylation is 2. The molecule has 1 aliphatic carbocycles. The average Bonchev–Trinajstić information content (AvgIpc) is 3.41. The number of nitrogens with zero attached hydrogens (tertiary/aromatic N) is 2. The molecular formula is C34H38N2O3. The fourth-order valence-electron chi connectivity index (χ4n) is 5.74. The van der Waals surface area contributed by atoms with Crippen LogP contribution in [0.3, 0.4) is 0 Å². The third kappa shape index (κ3) is 5.63. The summed E-state index contributed by atoms with van der Waals surface area (Å²) in [4.78, 5) is 11.5. The normalized spacial score (nSPS) is 15.5. The Morgan fingerprint density at radius 2 is 1.59 bits per heavy atom. The molecule has 0 fully saturated rings. The molecule has 0 bridgehead atoms. The Kier molecular flexibility index (Phi) is 7.11. The van der Waals surface area contributed by atoms with Gasteiger partial charge in [-0.3, -0.25) is 4.68 Å². The molecule has 1 aliphatic rings. The van der Waals surface area contributed by atoms with Crippen molar-refractivity contribution in [3.63, 3.8) is 0 Å². The van der Waals surface area contributed by atoms with E-state index in [9.17, 15) is 9.90 Å². The van der Waals surface area contributed by atoms with Crippen LogP contribution >= 0.6 is 0 Å². The van der Waals surface area contributed by atoms with Gasteiger partial charge in [-0.05, 0) is 102 Å². The van der Waals surface area contributed by atoms with E-state index in [0.29, 0.717) is 17.1 Å². The van der Waals surface area contributed by atoms with Gasteiger partial charge in [0.05, 0.1) is 12.1 Å². The highest BCUT2D eigenvalue weighted by Gasteiger charge is 2.37. The van der Waals surface area contributed by atoms with Crippen molar-refractivity contribution >= 4 is 5.97 Å². The van der Waals surface area contributed by atoms with E-state index < -0.39 is 5.97 Å². The zero-order chi connectivity index (χ0) is 27.8. The first kappa shape index (κ1) is 26.7. The molecule has 0 amide bonds. The average molecular weight is 523 g/mol. The van der Waals surface area contributed by atoms with Crippen LogP contribution in [0.1, 0.15) is 84.3 Å². The summed E-state index contributed by atoms with van der Waals surface area (Å²) in [5.74, 6) is 0.307. The highest BCUT2D eigenvalue weighted by molar-refractivity contribution is 5.90. The van der Waals surface area contributed by atoms with Crippen LogP contribution in [0.2, 0.25) is 0 Å². The van der Waals surface area contributed by atoms with Gasteiger partial charge in [-0.2, -0.15) is 5.10 Å². The van der Waals surface area contributed by atoms with Gasteiger partial charge < -0.3 is 9.84 Å². The van der Waals surface area contributed by atoms with Gasteiger partial charge in [0.2, 0.25) is 0 Å². The number of rotatable bonds is 8. The van der Waals surface area contributed by atoms with Crippen LogP contribution in [-0.2, 0) is 30.2 Å². The third-order valence-corrected chi connectivity index (χ3v) is 8.41. The van der Waals surface area contributed by atoms with Gasteiger partial charge in [-0.25, -0.2) is 4.79 Å². The van der Waals surface area contributed by atoms with E-state index in [1.807, 2.05) is 35.3 Å². The SMILES string of the molecule is Cc1c(Oc2ccc(CCc3cc4c(cc3Cn3cccn3)C(C)(C)CCC4(C)C)cc2)cccc1C(=O)O. The van der Waals surface area contributed by atoms with Crippen LogP contribution in [0, 0.1) is 6.92 Å². The van der Waals surface area contributed by atoms with E-state index in [2.05, 4.69) is 57.1 Å². The summed E-state index contributed by atoms with van der Waals surface area (Å²) >= 11 is 0. The van der Waals surface area contributed by atoms with Crippen molar-refractivity contribution in [2.24, 2.45) is 0 Å². The Morgan fingerprint density at radius 3 is 2.21 bits per heavy atom. The van der Waals surface area contributed by atoms with Gasteiger partial charge in [0.25, 0.3) is 0 Å². The lowest BCUT2D eigenvalue weighted by atomic mass is 9.62. The number of ether oxygens (including phenoxy) is 1. The molecule has 5 nitrogen and oxygen atoms in total. The van der Waals surface area contributed by atoms with E-state index >= 15 is 0 Å². The second-order valence-corrected chi connectivity index (χ2v) is 12.1. The molecule has 0 radical (unpaired) electrons. The number of carboxylic acids is 1. The molecule has 39 heavy (non-hydrogen) atoms. The molecule has 3 aromatic carbocycles. The van der Waals surface area contributed by atoms with Gasteiger partial charge in [-0.1, -0.05) is 58.0 Å². The highest BCUT2D eigenvalue weighted by atomic mass is 16.5. The largest absolute Gasteiger partial charge is 0.478 e. The van der Waals surface area contributed by atoms with Crippen molar-refractivity contribution < 1.29 is 14.6 Å². The smallest absolute Gasteiger partial charge is 0.336 e. The lowest BCUT2D eigenvalue weighted by Gasteiger charge is -2.42. The van der Waals surface area contributed by atoms with Gasteiger partial charge in [-0.15, -0.1) is 0 Å². The molecule has 0 spiro atoms. The summed E-state index contributed by atoms with van der Waals surface area (Å²) in [6, 6.07) is 20.1. The maximum Gasteiger partial charge on any atom is 0.336 e. The summed E-state index contributed by atoms with van der Waals surface area (Å²) in [6.07, 6.45) is 8.13. The van der Waals surface area contributed by atoms with Crippen LogP contribution in [0.15, 0.2) is 73.1 Å². The Hall–Kier alpha value is -3.86. The van der Waals surface area contributed by atoms with Crippen LogP contribution < -0.4 is 4.74 Å². The number of aromatic carboxylic acids is 1. The summed E-state index contributed by atoms with van der Waals surface area (Å²) in [6.45, 7) is 12.1. The molecule has 5 rings (SSSR count). The van der Waals surface area contributed by atoms with Crippen molar-refractivity contribution in [1.82, 2.24) is 9.78 Å². The lowest BCUT2D eigenvalue weighted by Crippen LogP contribution is -2.34. The van der Waals surface area contributed by atoms with E-state index in [1.165, 1.54) is 40.7 Å². The zero-order valence-corrected chi connectivity index (χ0v) is 23.6. The number of carboxylic acid groups (broad SMARTS) is 1. The highest BCUT2D eigenvalue weighted by Crippen LogP contribution is 2.46. The second kappa shape index (κ2) is 10.4. The van der Waals surface area contributed by atoms with Crippen molar-refractivity contribution in [3.8, 4) is 11.5 Å². The van der Waals surface area contributed by atoms with Crippen molar-refractivity contribution in [1.29, 1.82) is 0 Å². The number of benzene rings is 3. The quantitative estimate of drug-likeness (QED) is 0.256. The predicted octanol–water partition coefficient (Wildman–Crippen LogP) is 7.86. The molecule has 0 aliphatic heterocycles. The Balaban J connectivity index is 1.38. The van der Waals surface area contributed by atoms with Crippen LogP contribution in [0.4, 0.5) is 0 Å².